The third-order valence-corrected chi connectivity index (χ3v) is 6.40. The number of carbonyl (C=O) groups is 3. The van der Waals surface area contributed by atoms with Crippen LogP contribution in [0.15, 0.2) is 48.5 Å². The minimum absolute atomic E-state index is 0.00223. The van der Waals surface area contributed by atoms with Crippen LogP contribution in [0.1, 0.15) is 49.7 Å². The maximum atomic E-state index is 13.0. The normalized spacial score (nSPS) is 15.3. The van der Waals surface area contributed by atoms with Gasteiger partial charge in [0.05, 0.1) is 5.92 Å². The Labute approximate surface area is 193 Å². The van der Waals surface area contributed by atoms with Gasteiger partial charge in [0.1, 0.15) is 13.2 Å². The van der Waals surface area contributed by atoms with Gasteiger partial charge in [-0.3, -0.25) is 9.59 Å². The van der Waals surface area contributed by atoms with Crippen molar-refractivity contribution in [2.24, 2.45) is 5.92 Å². The van der Waals surface area contributed by atoms with Gasteiger partial charge in [-0.1, -0.05) is 61.9 Å². The SMILES string of the molecule is CCCC(CNC(=O)OCC1c2ccccc2-c2ccccc21)C(=O)N(CC(=O)O)C1CC1. The van der Waals surface area contributed by atoms with E-state index in [1.165, 1.54) is 4.90 Å². The van der Waals surface area contributed by atoms with Crippen molar-refractivity contribution in [3.63, 3.8) is 0 Å². The number of hydrogen-bond donors (Lipinski definition) is 2. The standard InChI is InChI=1S/C26H30N2O5/c1-2-7-17(25(31)28(15-24(29)30)18-12-13-18)14-27-26(32)33-16-23-21-10-5-3-8-19(21)20-9-4-6-11-22(20)23/h3-6,8-11,17-18,23H,2,7,12-16H2,1H3,(H,27,32)(H,29,30). The quantitative estimate of drug-likeness (QED) is 0.570. The Balaban J connectivity index is 1.35. The molecular formula is C26H30N2O5. The summed E-state index contributed by atoms with van der Waals surface area (Å²) in [6.07, 6.45) is 2.43. The number of nitrogens with zero attached hydrogens (tertiary/aromatic N) is 1. The summed E-state index contributed by atoms with van der Waals surface area (Å²) >= 11 is 0. The molecule has 0 radical (unpaired) electrons. The Hall–Kier alpha value is -3.35. The van der Waals surface area contributed by atoms with Gasteiger partial charge in [0, 0.05) is 18.5 Å². The van der Waals surface area contributed by atoms with Crippen molar-refractivity contribution in [3.05, 3.63) is 59.7 Å². The highest BCUT2D eigenvalue weighted by Gasteiger charge is 2.37. The van der Waals surface area contributed by atoms with Crippen molar-refractivity contribution in [1.29, 1.82) is 0 Å². The molecule has 2 aliphatic carbocycles. The number of hydrogen-bond acceptors (Lipinski definition) is 4. The molecule has 1 saturated carbocycles. The van der Waals surface area contributed by atoms with Gasteiger partial charge in [-0.2, -0.15) is 0 Å². The van der Waals surface area contributed by atoms with Gasteiger partial charge in [0.25, 0.3) is 0 Å². The molecule has 7 nitrogen and oxygen atoms in total. The largest absolute Gasteiger partial charge is 0.480 e. The fourth-order valence-corrected chi connectivity index (χ4v) is 4.67. The third kappa shape index (κ3) is 5.18. The number of carbonyl (C=O) groups excluding carboxylic acids is 2. The summed E-state index contributed by atoms with van der Waals surface area (Å²) < 4.78 is 5.56. The fraction of sp³-hybridized carbons (Fsp3) is 0.423. The predicted octanol–water partition coefficient (Wildman–Crippen LogP) is 4.02. The first-order chi connectivity index (χ1) is 16.0. The number of alkyl carbamates (subject to hydrolysis) is 1. The maximum absolute atomic E-state index is 13.0. The molecule has 1 unspecified atom stereocenters. The van der Waals surface area contributed by atoms with Crippen LogP contribution in [0, 0.1) is 5.92 Å². The van der Waals surface area contributed by atoms with Crippen LogP contribution in [0.5, 0.6) is 0 Å². The smallest absolute Gasteiger partial charge is 0.407 e. The fourth-order valence-electron chi connectivity index (χ4n) is 4.67. The van der Waals surface area contributed by atoms with Gasteiger partial charge in [-0.25, -0.2) is 4.79 Å². The summed E-state index contributed by atoms with van der Waals surface area (Å²) in [6, 6.07) is 16.3. The highest BCUT2D eigenvalue weighted by atomic mass is 16.5. The van der Waals surface area contributed by atoms with E-state index in [0.29, 0.717) is 6.42 Å². The van der Waals surface area contributed by atoms with E-state index in [1.807, 2.05) is 31.2 Å². The maximum Gasteiger partial charge on any atom is 0.407 e. The van der Waals surface area contributed by atoms with E-state index in [1.54, 1.807) is 0 Å². The number of ether oxygens (including phenoxy) is 1. The first-order valence-corrected chi connectivity index (χ1v) is 11.6. The van der Waals surface area contributed by atoms with Crippen molar-refractivity contribution in [1.82, 2.24) is 10.2 Å². The molecule has 0 spiro atoms. The van der Waals surface area contributed by atoms with Crippen molar-refractivity contribution in [2.45, 2.75) is 44.6 Å². The molecule has 0 aromatic heterocycles. The lowest BCUT2D eigenvalue weighted by atomic mass is 9.98. The van der Waals surface area contributed by atoms with Crippen LogP contribution in [0.2, 0.25) is 0 Å². The molecule has 1 atom stereocenters. The molecule has 2 N–H and O–H groups in total. The summed E-state index contributed by atoms with van der Waals surface area (Å²) in [5, 5.41) is 11.9. The number of rotatable bonds is 10. The summed E-state index contributed by atoms with van der Waals surface area (Å²) in [5.74, 6) is -1.72. The third-order valence-electron chi connectivity index (χ3n) is 6.40. The van der Waals surface area contributed by atoms with Crippen molar-refractivity contribution >= 4 is 18.0 Å². The average molecular weight is 451 g/mol. The van der Waals surface area contributed by atoms with Crippen LogP contribution in [-0.4, -0.2) is 53.7 Å². The molecule has 7 heteroatoms. The van der Waals surface area contributed by atoms with E-state index in [4.69, 9.17) is 9.84 Å². The molecular weight excluding hydrogens is 420 g/mol. The minimum Gasteiger partial charge on any atom is -0.480 e. The van der Waals surface area contributed by atoms with Crippen LogP contribution < -0.4 is 5.32 Å². The summed E-state index contributed by atoms with van der Waals surface area (Å²) in [6.45, 7) is 2.01. The van der Waals surface area contributed by atoms with Gasteiger partial charge in [-0.05, 0) is 41.5 Å². The Kier molecular flexibility index (Phi) is 6.96. The first kappa shape index (κ1) is 22.8. The van der Waals surface area contributed by atoms with Crippen molar-refractivity contribution in [2.75, 3.05) is 19.7 Å². The zero-order valence-electron chi connectivity index (χ0n) is 18.8. The Morgan fingerprint density at radius 2 is 1.67 bits per heavy atom. The lowest BCUT2D eigenvalue weighted by molar-refractivity contribution is -0.146. The number of carboxylic acids is 1. The number of benzene rings is 2. The van der Waals surface area contributed by atoms with E-state index < -0.39 is 18.0 Å². The van der Waals surface area contributed by atoms with Gasteiger partial charge >= 0.3 is 12.1 Å². The predicted molar refractivity (Wildman–Crippen MR) is 124 cm³/mol. The van der Waals surface area contributed by atoms with E-state index in [9.17, 15) is 14.4 Å². The molecule has 2 aromatic carbocycles. The number of carboxylic acid groups (broad SMARTS) is 1. The summed E-state index contributed by atoms with van der Waals surface area (Å²) in [7, 11) is 0. The van der Waals surface area contributed by atoms with E-state index in [2.05, 4.69) is 29.6 Å². The van der Waals surface area contributed by atoms with Crippen molar-refractivity contribution in [3.8, 4) is 11.1 Å². The molecule has 4 rings (SSSR count). The Bertz CT molecular complexity index is 987. The van der Waals surface area contributed by atoms with Crippen LogP contribution in [0.4, 0.5) is 4.79 Å². The van der Waals surface area contributed by atoms with Gasteiger partial charge in [-0.15, -0.1) is 0 Å². The summed E-state index contributed by atoms with van der Waals surface area (Å²) in [4.78, 5) is 38.1. The second-order valence-corrected chi connectivity index (χ2v) is 8.78. The topological polar surface area (TPSA) is 95.9 Å². The van der Waals surface area contributed by atoms with Gasteiger partial charge in [0.2, 0.25) is 5.91 Å². The first-order valence-electron chi connectivity index (χ1n) is 11.6. The second-order valence-electron chi connectivity index (χ2n) is 8.78. The second kappa shape index (κ2) is 10.1. The number of amides is 2. The van der Waals surface area contributed by atoms with E-state index >= 15 is 0 Å². The molecule has 2 aliphatic rings. The molecule has 2 aromatic rings. The zero-order valence-corrected chi connectivity index (χ0v) is 18.8. The molecule has 1 fully saturated rings. The van der Waals surface area contributed by atoms with Crippen molar-refractivity contribution < 1.29 is 24.2 Å². The Morgan fingerprint density at radius 1 is 1.06 bits per heavy atom. The van der Waals surface area contributed by atoms with Crippen LogP contribution in [-0.2, 0) is 14.3 Å². The lowest BCUT2D eigenvalue weighted by Crippen LogP contribution is -2.45. The average Bonchev–Trinajstić information content (AvgIpc) is 3.61. The molecule has 33 heavy (non-hydrogen) atoms. The number of aliphatic carboxylic acids is 1. The monoisotopic (exact) mass is 450 g/mol. The van der Waals surface area contributed by atoms with Gasteiger partial charge in [0.15, 0.2) is 0 Å². The highest BCUT2D eigenvalue weighted by molar-refractivity contribution is 5.84. The van der Waals surface area contributed by atoms with Crippen LogP contribution in [0.25, 0.3) is 11.1 Å². The van der Waals surface area contributed by atoms with Gasteiger partial charge < -0.3 is 20.1 Å². The summed E-state index contributed by atoms with van der Waals surface area (Å²) in [5.41, 5.74) is 4.60. The molecule has 174 valence electrons. The molecule has 0 saturated heterocycles. The molecule has 2 amide bonds. The molecule has 0 heterocycles. The molecule has 0 bridgehead atoms. The van der Waals surface area contributed by atoms with Crippen LogP contribution >= 0.6 is 0 Å². The number of nitrogens with one attached hydrogen (secondary N) is 1. The zero-order chi connectivity index (χ0) is 23.4. The van der Waals surface area contributed by atoms with Crippen LogP contribution in [0.3, 0.4) is 0 Å². The van der Waals surface area contributed by atoms with E-state index in [-0.39, 0.29) is 37.6 Å². The number of fused-ring (bicyclic) bond motifs is 3. The lowest BCUT2D eigenvalue weighted by Gasteiger charge is -2.26. The Morgan fingerprint density at radius 3 is 2.21 bits per heavy atom. The highest BCUT2D eigenvalue weighted by Crippen LogP contribution is 2.44. The van der Waals surface area contributed by atoms with E-state index in [0.717, 1.165) is 41.5 Å². The molecule has 0 aliphatic heterocycles. The minimum atomic E-state index is -1.02.